The quantitative estimate of drug-likeness (QED) is 0.826. The Morgan fingerprint density at radius 1 is 1.28 bits per heavy atom. The maximum absolute atomic E-state index is 12.3. The van der Waals surface area contributed by atoms with E-state index >= 15 is 0 Å². The van der Waals surface area contributed by atoms with Crippen molar-refractivity contribution in [3.8, 4) is 0 Å². The summed E-state index contributed by atoms with van der Waals surface area (Å²) in [6.07, 6.45) is 0.594. The Morgan fingerprint density at radius 2 is 2.00 bits per heavy atom. The molecule has 0 spiro atoms. The van der Waals surface area contributed by atoms with E-state index in [0.29, 0.717) is 31.0 Å². The van der Waals surface area contributed by atoms with Gasteiger partial charge in [0.25, 0.3) is 0 Å². The molecule has 0 aromatic carbocycles. The van der Waals surface area contributed by atoms with E-state index in [1.807, 2.05) is 41.5 Å². The van der Waals surface area contributed by atoms with E-state index in [1.54, 1.807) is 6.07 Å². The van der Waals surface area contributed by atoms with Crippen LogP contribution < -0.4 is 5.32 Å². The molecule has 138 valence electrons. The SMILES string of the molecule is Cc1noc(C)c1CC(C)C(=O)NCc1cc(COC(C)(C)C)on1. The Morgan fingerprint density at radius 3 is 2.60 bits per heavy atom. The van der Waals surface area contributed by atoms with E-state index < -0.39 is 0 Å². The first-order valence-electron chi connectivity index (χ1n) is 8.43. The van der Waals surface area contributed by atoms with Gasteiger partial charge in [0.15, 0.2) is 5.76 Å². The topological polar surface area (TPSA) is 90.4 Å². The van der Waals surface area contributed by atoms with Crippen LogP contribution in [-0.2, 0) is 29.1 Å². The van der Waals surface area contributed by atoms with Crippen molar-refractivity contribution < 1.29 is 18.6 Å². The van der Waals surface area contributed by atoms with E-state index in [1.165, 1.54) is 0 Å². The monoisotopic (exact) mass is 349 g/mol. The van der Waals surface area contributed by atoms with E-state index in [4.69, 9.17) is 13.8 Å². The van der Waals surface area contributed by atoms with Crippen LogP contribution in [0.4, 0.5) is 0 Å². The minimum absolute atomic E-state index is 0.0458. The van der Waals surface area contributed by atoms with Crippen LogP contribution >= 0.6 is 0 Å². The number of carbonyl (C=O) groups excluding carboxylic acids is 1. The third-order valence-corrected chi connectivity index (χ3v) is 3.84. The van der Waals surface area contributed by atoms with Crippen LogP contribution in [0.15, 0.2) is 15.1 Å². The number of nitrogens with one attached hydrogen (secondary N) is 1. The average Bonchev–Trinajstić information content (AvgIpc) is 3.11. The molecule has 1 N–H and O–H groups in total. The molecule has 7 nitrogen and oxygen atoms in total. The van der Waals surface area contributed by atoms with Gasteiger partial charge in [0.2, 0.25) is 5.91 Å². The highest BCUT2D eigenvalue weighted by Crippen LogP contribution is 2.17. The fourth-order valence-corrected chi connectivity index (χ4v) is 2.34. The van der Waals surface area contributed by atoms with Crippen molar-refractivity contribution in [1.29, 1.82) is 0 Å². The molecule has 1 amide bonds. The van der Waals surface area contributed by atoms with Crippen molar-refractivity contribution in [2.45, 2.75) is 66.7 Å². The Kier molecular flexibility index (Phi) is 6.00. The van der Waals surface area contributed by atoms with Crippen LogP contribution in [0, 0.1) is 19.8 Å². The number of ether oxygens (including phenoxy) is 1. The Labute approximate surface area is 148 Å². The molecule has 2 aromatic rings. The summed E-state index contributed by atoms with van der Waals surface area (Å²) in [5, 5.41) is 10.8. The number of hydrogen-bond donors (Lipinski definition) is 1. The van der Waals surface area contributed by atoms with Gasteiger partial charge in [-0.1, -0.05) is 17.2 Å². The fourth-order valence-electron chi connectivity index (χ4n) is 2.34. The third kappa shape index (κ3) is 5.70. The molecule has 0 aliphatic heterocycles. The summed E-state index contributed by atoms with van der Waals surface area (Å²) in [6, 6.07) is 1.80. The molecular weight excluding hydrogens is 322 g/mol. The van der Waals surface area contributed by atoms with Crippen LogP contribution in [-0.4, -0.2) is 21.8 Å². The summed E-state index contributed by atoms with van der Waals surface area (Å²) < 4.78 is 16.0. The molecule has 25 heavy (non-hydrogen) atoms. The average molecular weight is 349 g/mol. The fraction of sp³-hybridized carbons (Fsp3) is 0.611. The van der Waals surface area contributed by atoms with Gasteiger partial charge >= 0.3 is 0 Å². The normalized spacial score (nSPS) is 13.0. The summed E-state index contributed by atoms with van der Waals surface area (Å²) in [5.41, 5.74) is 2.25. The van der Waals surface area contributed by atoms with Gasteiger partial charge in [-0.3, -0.25) is 4.79 Å². The molecule has 1 atom stereocenters. The molecule has 0 bridgehead atoms. The van der Waals surface area contributed by atoms with Crippen LogP contribution in [0.2, 0.25) is 0 Å². The Balaban J connectivity index is 1.82. The number of nitrogens with zero attached hydrogens (tertiary/aromatic N) is 2. The minimum Gasteiger partial charge on any atom is -0.368 e. The van der Waals surface area contributed by atoms with Crippen LogP contribution in [0.1, 0.15) is 56.2 Å². The van der Waals surface area contributed by atoms with Crippen LogP contribution in [0.5, 0.6) is 0 Å². The Bertz CT molecular complexity index is 693. The van der Waals surface area contributed by atoms with E-state index in [-0.39, 0.29) is 17.4 Å². The van der Waals surface area contributed by atoms with Crippen molar-refractivity contribution in [2.24, 2.45) is 5.92 Å². The lowest BCUT2D eigenvalue weighted by Crippen LogP contribution is -2.30. The summed E-state index contributed by atoms with van der Waals surface area (Å²) in [4.78, 5) is 12.3. The molecule has 0 aliphatic carbocycles. The van der Waals surface area contributed by atoms with Crippen molar-refractivity contribution in [3.63, 3.8) is 0 Å². The molecule has 0 fully saturated rings. The zero-order chi connectivity index (χ0) is 18.6. The highest BCUT2D eigenvalue weighted by atomic mass is 16.5. The lowest BCUT2D eigenvalue weighted by Gasteiger charge is -2.17. The predicted octanol–water partition coefficient (Wildman–Crippen LogP) is 3.09. The lowest BCUT2D eigenvalue weighted by atomic mass is 9.99. The molecule has 7 heteroatoms. The summed E-state index contributed by atoms with van der Waals surface area (Å²) in [7, 11) is 0. The smallest absolute Gasteiger partial charge is 0.223 e. The van der Waals surface area contributed by atoms with Gasteiger partial charge in [-0.2, -0.15) is 0 Å². The predicted molar refractivity (Wildman–Crippen MR) is 91.7 cm³/mol. The number of carbonyl (C=O) groups is 1. The van der Waals surface area contributed by atoms with Crippen molar-refractivity contribution in [1.82, 2.24) is 15.6 Å². The molecule has 2 aromatic heterocycles. The second kappa shape index (κ2) is 7.82. The largest absolute Gasteiger partial charge is 0.368 e. The van der Waals surface area contributed by atoms with E-state index in [2.05, 4.69) is 15.6 Å². The number of rotatable bonds is 7. The second-order valence-electron chi connectivity index (χ2n) is 7.31. The molecule has 2 heterocycles. The number of amides is 1. The van der Waals surface area contributed by atoms with Crippen molar-refractivity contribution in [3.05, 3.63) is 34.5 Å². The van der Waals surface area contributed by atoms with Gasteiger partial charge in [-0.15, -0.1) is 0 Å². The molecule has 0 radical (unpaired) electrons. The first kappa shape index (κ1) is 19.2. The van der Waals surface area contributed by atoms with Gasteiger partial charge in [0.05, 0.1) is 17.8 Å². The summed E-state index contributed by atoms with van der Waals surface area (Å²) in [5.74, 6) is 1.17. The molecule has 0 saturated carbocycles. The van der Waals surface area contributed by atoms with Crippen molar-refractivity contribution >= 4 is 5.91 Å². The van der Waals surface area contributed by atoms with Crippen LogP contribution in [0.3, 0.4) is 0 Å². The standard InChI is InChI=1S/C18H27N3O4/c1-11(7-16-12(2)20-24-13(16)3)17(22)19-9-14-8-15(25-21-14)10-23-18(4,5)6/h8,11H,7,9-10H2,1-6H3,(H,19,22). The number of aromatic nitrogens is 2. The van der Waals surface area contributed by atoms with Gasteiger partial charge in [-0.05, 0) is 41.0 Å². The second-order valence-corrected chi connectivity index (χ2v) is 7.31. The zero-order valence-corrected chi connectivity index (χ0v) is 15.8. The molecule has 0 aliphatic rings. The highest BCUT2D eigenvalue weighted by Gasteiger charge is 2.19. The van der Waals surface area contributed by atoms with Crippen molar-refractivity contribution in [2.75, 3.05) is 0 Å². The minimum atomic E-state index is -0.241. The molecule has 0 saturated heterocycles. The van der Waals surface area contributed by atoms with Gasteiger partial charge in [-0.25, -0.2) is 0 Å². The summed E-state index contributed by atoms with van der Waals surface area (Å²) >= 11 is 0. The highest BCUT2D eigenvalue weighted by molar-refractivity contribution is 5.78. The molecular formula is C18H27N3O4. The first-order valence-corrected chi connectivity index (χ1v) is 8.43. The van der Waals surface area contributed by atoms with Gasteiger partial charge < -0.3 is 19.1 Å². The van der Waals surface area contributed by atoms with Gasteiger partial charge in [0, 0.05) is 17.5 Å². The maximum Gasteiger partial charge on any atom is 0.223 e. The van der Waals surface area contributed by atoms with E-state index in [0.717, 1.165) is 17.0 Å². The maximum atomic E-state index is 12.3. The number of aryl methyl sites for hydroxylation is 2. The van der Waals surface area contributed by atoms with Gasteiger partial charge in [0.1, 0.15) is 18.1 Å². The first-order chi connectivity index (χ1) is 11.7. The Hall–Kier alpha value is -2.15. The lowest BCUT2D eigenvalue weighted by molar-refractivity contribution is -0.124. The van der Waals surface area contributed by atoms with E-state index in [9.17, 15) is 4.79 Å². The summed E-state index contributed by atoms with van der Waals surface area (Å²) in [6.45, 7) is 12.2. The van der Waals surface area contributed by atoms with Crippen LogP contribution in [0.25, 0.3) is 0 Å². The zero-order valence-electron chi connectivity index (χ0n) is 15.8. The molecule has 1 unspecified atom stereocenters. The molecule has 2 rings (SSSR count). The number of hydrogen-bond acceptors (Lipinski definition) is 6. The third-order valence-electron chi connectivity index (χ3n) is 3.84.